The van der Waals surface area contributed by atoms with E-state index in [1.54, 1.807) is 12.1 Å². The number of carbonyl (C=O) groups is 1. The molecule has 0 radical (unpaired) electrons. The molecule has 0 aliphatic rings. The number of nitrogens with one attached hydrogen (secondary N) is 2. The fourth-order valence-corrected chi connectivity index (χ4v) is 1.46. The second-order valence-corrected chi connectivity index (χ2v) is 3.79. The maximum absolute atomic E-state index is 12.0. The van der Waals surface area contributed by atoms with Gasteiger partial charge in [0.25, 0.3) is 5.91 Å². The first-order valence-corrected chi connectivity index (χ1v) is 5.98. The summed E-state index contributed by atoms with van der Waals surface area (Å²) in [5.74, 6) is 5.81. The number of rotatable bonds is 4. The Morgan fingerprint density at radius 1 is 1.45 bits per heavy atom. The van der Waals surface area contributed by atoms with Gasteiger partial charge in [-0.25, -0.2) is 9.97 Å². The number of carbonyl (C=O) groups excluding carboxylic acids is 1. The molecule has 0 atom stereocenters. The van der Waals surface area contributed by atoms with Gasteiger partial charge >= 0.3 is 0 Å². The van der Waals surface area contributed by atoms with Crippen molar-refractivity contribution >= 4 is 5.91 Å². The van der Waals surface area contributed by atoms with Crippen molar-refractivity contribution in [2.75, 3.05) is 6.61 Å². The summed E-state index contributed by atoms with van der Waals surface area (Å²) in [6, 6.07) is 3.41. The molecule has 20 heavy (non-hydrogen) atoms. The fraction of sp³-hybridized carbons (Fsp3) is 0.231. The topological polar surface area (TPSA) is 104 Å². The maximum Gasteiger partial charge on any atom is 0.271 e. The van der Waals surface area contributed by atoms with Crippen LogP contribution in [0.5, 0.6) is 0 Å². The lowest BCUT2D eigenvalue weighted by Crippen LogP contribution is -2.25. The van der Waals surface area contributed by atoms with Crippen LogP contribution in [0, 0.1) is 11.8 Å². The Kier molecular flexibility index (Phi) is 4.81. The Hall–Kier alpha value is -2.72. The van der Waals surface area contributed by atoms with Crippen molar-refractivity contribution in [2.45, 2.75) is 13.0 Å². The van der Waals surface area contributed by atoms with E-state index in [-0.39, 0.29) is 24.8 Å². The molecule has 0 spiro atoms. The third-order valence-electron chi connectivity index (χ3n) is 2.36. The Bertz CT molecular complexity index is 628. The highest BCUT2D eigenvalue weighted by Crippen LogP contribution is 2.04. The number of aliphatic hydroxyl groups is 1. The van der Waals surface area contributed by atoms with Gasteiger partial charge < -0.3 is 10.4 Å². The van der Waals surface area contributed by atoms with Gasteiger partial charge in [-0.3, -0.25) is 9.89 Å². The van der Waals surface area contributed by atoms with Crippen molar-refractivity contribution in [2.24, 2.45) is 0 Å². The van der Waals surface area contributed by atoms with Crippen LogP contribution >= 0.6 is 0 Å². The number of hydrogen-bond acceptors (Lipinski definition) is 5. The highest BCUT2D eigenvalue weighted by Gasteiger charge is 2.11. The molecule has 2 aromatic rings. The van der Waals surface area contributed by atoms with Crippen molar-refractivity contribution in [3.63, 3.8) is 0 Å². The van der Waals surface area contributed by atoms with Crippen LogP contribution in [-0.2, 0) is 6.54 Å². The third-order valence-corrected chi connectivity index (χ3v) is 2.36. The number of pyridine rings is 1. The molecule has 2 rings (SSSR count). The summed E-state index contributed by atoms with van der Waals surface area (Å²) in [5.41, 5.74) is 0.772. The third kappa shape index (κ3) is 3.63. The predicted molar refractivity (Wildman–Crippen MR) is 70.4 cm³/mol. The van der Waals surface area contributed by atoms with E-state index in [0.29, 0.717) is 17.8 Å². The fourth-order valence-electron chi connectivity index (χ4n) is 1.46. The molecule has 2 heterocycles. The van der Waals surface area contributed by atoms with Crippen molar-refractivity contribution in [1.29, 1.82) is 0 Å². The van der Waals surface area contributed by atoms with Gasteiger partial charge in [0.1, 0.15) is 17.8 Å². The molecule has 3 N–H and O–H groups in total. The number of aromatic nitrogens is 4. The number of aromatic amines is 1. The first kappa shape index (κ1) is 13.7. The van der Waals surface area contributed by atoms with Gasteiger partial charge in [-0.15, -0.1) is 0 Å². The van der Waals surface area contributed by atoms with Crippen molar-refractivity contribution in [3.05, 3.63) is 41.7 Å². The summed E-state index contributed by atoms with van der Waals surface area (Å²) in [6.07, 6.45) is 3.25. The van der Waals surface area contributed by atoms with E-state index >= 15 is 0 Å². The van der Waals surface area contributed by atoms with E-state index in [2.05, 4.69) is 37.3 Å². The lowest BCUT2D eigenvalue weighted by atomic mass is 10.2. The molecule has 0 aliphatic heterocycles. The van der Waals surface area contributed by atoms with Crippen molar-refractivity contribution in [3.8, 4) is 11.8 Å². The minimum Gasteiger partial charge on any atom is -0.395 e. The average molecular weight is 271 g/mol. The summed E-state index contributed by atoms with van der Waals surface area (Å²) in [7, 11) is 0. The van der Waals surface area contributed by atoms with E-state index in [4.69, 9.17) is 5.11 Å². The van der Waals surface area contributed by atoms with Gasteiger partial charge in [-0.2, -0.15) is 5.10 Å². The van der Waals surface area contributed by atoms with E-state index in [9.17, 15) is 4.79 Å². The second kappa shape index (κ2) is 7.01. The number of nitrogens with zero attached hydrogens (tertiary/aromatic N) is 3. The number of hydrogen-bond donors (Lipinski definition) is 3. The van der Waals surface area contributed by atoms with Crippen LogP contribution in [-0.4, -0.2) is 37.8 Å². The molecule has 0 bridgehead atoms. The van der Waals surface area contributed by atoms with Crippen LogP contribution in [0.15, 0.2) is 24.7 Å². The van der Waals surface area contributed by atoms with Crippen LogP contribution in [0.25, 0.3) is 0 Å². The molecule has 102 valence electrons. The van der Waals surface area contributed by atoms with Gasteiger partial charge in [0.2, 0.25) is 0 Å². The van der Waals surface area contributed by atoms with Crippen LogP contribution in [0.4, 0.5) is 0 Å². The molecule has 0 aromatic carbocycles. The van der Waals surface area contributed by atoms with E-state index < -0.39 is 0 Å². The summed E-state index contributed by atoms with van der Waals surface area (Å²) in [4.78, 5) is 20.0. The van der Waals surface area contributed by atoms with Gasteiger partial charge in [-0.05, 0) is 12.1 Å². The van der Waals surface area contributed by atoms with Crippen LogP contribution in [0.3, 0.4) is 0 Å². The van der Waals surface area contributed by atoms with Crippen molar-refractivity contribution < 1.29 is 9.90 Å². The zero-order chi connectivity index (χ0) is 14.2. The van der Waals surface area contributed by atoms with Crippen LogP contribution < -0.4 is 5.32 Å². The quantitative estimate of drug-likeness (QED) is 0.672. The second-order valence-electron chi connectivity index (χ2n) is 3.79. The minimum atomic E-state index is -0.338. The Morgan fingerprint density at radius 3 is 3.10 bits per heavy atom. The molecular weight excluding hydrogens is 258 g/mol. The van der Waals surface area contributed by atoms with Gasteiger partial charge in [0.15, 0.2) is 0 Å². The molecule has 0 aliphatic carbocycles. The standard InChI is InChI=1S/C13H13N5O2/c19-7-2-1-4-10-5-3-6-14-12(10)13(20)15-8-11-16-9-17-18-11/h3,5-6,9,19H,2,7-8H2,(H,15,20)(H,16,17,18). The summed E-state index contributed by atoms with van der Waals surface area (Å²) in [5, 5.41) is 17.7. The molecular formula is C13H13N5O2. The number of aliphatic hydroxyl groups excluding tert-OH is 1. The molecule has 7 heteroatoms. The molecule has 7 nitrogen and oxygen atoms in total. The van der Waals surface area contributed by atoms with Crippen molar-refractivity contribution in [1.82, 2.24) is 25.5 Å². The van der Waals surface area contributed by atoms with Crippen LogP contribution in [0.1, 0.15) is 28.3 Å². The van der Waals surface area contributed by atoms with E-state index in [1.165, 1.54) is 12.5 Å². The molecule has 0 unspecified atom stereocenters. The average Bonchev–Trinajstić information content (AvgIpc) is 2.99. The van der Waals surface area contributed by atoms with E-state index in [0.717, 1.165) is 0 Å². The molecule has 0 saturated carbocycles. The highest BCUT2D eigenvalue weighted by atomic mass is 16.2. The Balaban J connectivity index is 2.07. The molecule has 0 fully saturated rings. The number of H-pyrrole nitrogens is 1. The zero-order valence-electron chi connectivity index (χ0n) is 10.6. The lowest BCUT2D eigenvalue weighted by Gasteiger charge is -2.04. The largest absolute Gasteiger partial charge is 0.395 e. The number of amides is 1. The Morgan fingerprint density at radius 2 is 2.35 bits per heavy atom. The lowest BCUT2D eigenvalue weighted by molar-refractivity contribution is 0.0944. The molecule has 1 amide bonds. The van der Waals surface area contributed by atoms with Crippen LogP contribution in [0.2, 0.25) is 0 Å². The normalized spacial score (nSPS) is 9.65. The molecule has 0 saturated heterocycles. The zero-order valence-corrected chi connectivity index (χ0v) is 10.6. The summed E-state index contributed by atoms with van der Waals surface area (Å²) in [6.45, 7) is 0.221. The van der Waals surface area contributed by atoms with Gasteiger partial charge in [0, 0.05) is 12.6 Å². The minimum absolute atomic E-state index is 0.0136. The van der Waals surface area contributed by atoms with E-state index in [1.807, 2.05) is 0 Å². The first-order chi connectivity index (χ1) is 9.81. The maximum atomic E-state index is 12.0. The summed E-state index contributed by atoms with van der Waals surface area (Å²) >= 11 is 0. The van der Waals surface area contributed by atoms with Gasteiger partial charge in [-0.1, -0.05) is 11.8 Å². The Labute approximate surface area is 115 Å². The highest BCUT2D eigenvalue weighted by molar-refractivity contribution is 5.94. The summed E-state index contributed by atoms with van der Waals surface area (Å²) < 4.78 is 0. The monoisotopic (exact) mass is 271 g/mol. The first-order valence-electron chi connectivity index (χ1n) is 5.98. The predicted octanol–water partition coefficient (Wildman–Crippen LogP) is -0.136. The van der Waals surface area contributed by atoms with Gasteiger partial charge in [0.05, 0.1) is 18.7 Å². The molecule has 2 aromatic heterocycles. The SMILES string of the molecule is O=C(NCc1ncn[nH]1)c1ncccc1C#CCCO. The smallest absolute Gasteiger partial charge is 0.271 e.